The van der Waals surface area contributed by atoms with Gasteiger partial charge in [-0.2, -0.15) is 0 Å². The lowest BCUT2D eigenvalue weighted by atomic mass is 9.72. The summed E-state index contributed by atoms with van der Waals surface area (Å²) in [4.78, 5) is 24.5. The summed E-state index contributed by atoms with van der Waals surface area (Å²) in [5, 5.41) is 9.33. The van der Waals surface area contributed by atoms with E-state index in [0.29, 0.717) is 11.8 Å². The molecule has 20 heavy (non-hydrogen) atoms. The molecule has 0 radical (unpaired) electrons. The van der Waals surface area contributed by atoms with Crippen molar-refractivity contribution in [3.05, 3.63) is 0 Å². The molecule has 0 amide bonds. The standard InChI is InChI=1S/C15H27NO4/c1-4-8-15(9-5-2)10-16(11-15)12(14(18)19)6-7-13(17)20-3/h12H,4-11H2,1-3H3,(H,18,19). The molecule has 116 valence electrons. The van der Waals surface area contributed by atoms with Crippen LogP contribution in [0.3, 0.4) is 0 Å². The molecule has 0 spiro atoms. The highest BCUT2D eigenvalue weighted by molar-refractivity contribution is 5.75. The molecule has 1 atom stereocenters. The zero-order chi connectivity index (χ0) is 15.2. The van der Waals surface area contributed by atoms with Crippen molar-refractivity contribution in [3.8, 4) is 0 Å². The van der Waals surface area contributed by atoms with Crippen LogP contribution in [0, 0.1) is 5.41 Å². The van der Waals surface area contributed by atoms with Crippen LogP contribution in [0.15, 0.2) is 0 Å². The van der Waals surface area contributed by atoms with Gasteiger partial charge in [0.25, 0.3) is 0 Å². The fourth-order valence-electron chi connectivity index (χ4n) is 3.36. The molecule has 5 nitrogen and oxygen atoms in total. The molecule has 1 rings (SSSR count). The normalized spacial score (nSPS) is 19.1. The minimum absolute atomic E-state index is 0.165. The Morgan fingerprint density at radius 3 is 2.20 bits per heavy atom. The maximum atomic E-state index is 11.4. The lowest BCUT2D eigenvalue weighted by Gasteiger charge is -2.53. The van der Waals surface area contributed by atoms with E-state index in [2.05, 4.69) is 18.6 Å². The lowest BCUT2D eigenvalue weighted by Crippen LogP contribution is -2.61. The number of nitrogens with zero attached hydrogens (tertiary/aromatic N) is 1. The van der Waals surface area contributed by atoms with E-state index in [9.17, 15) is 14.7 Å². The predicted octanol–water partition coefficient (Wildman–Crippen LogP) is 2.29. The SMILES string of the molecule is CCCC1(CCC)CN(C(CCC(=O)OC)C(=O)O)C1. The number of methoxy groups -OCH3 is 1. The second-order valence-electron chi connectivity index (χ2n) is 5.87. The summed E-state index contributed by atoms with van der Waals surface area (Å²) in [7, 11) is 1.33. The average molecular weight is 285 g/mol. The van der Waals surface area contributed by atoms with Gasteiger partial charge in [-0.3, -0.25) is 14.5 Å². The van der Waals surface area contributed by atoms with Crippen LogP contribution in [0.1, 0.15) is 52.4 Å². The summed E-state index contributed by atoms with van der Waals surface area (Å²) in [5.74, 6) is -1.18. The van der Waals surface area contributed by atoms with E-state index in [4.69, 9.17) is 0 Å². The van der Waals surface area contributed by atoms with Crippen molar-refractivity contribution >= 4 is 11.9 Å². The third-order valence-corrected chi connectivity index (χ3v) is 4.21. The smallest absolute Gasteiger partial charge is 0.320 e. The Morgan fingerprint density at radius 1 is 1.25 bits per heavy atom. The van der Waals surface area contributed by atoms with E-state index in [1.165, 1.54) is 7.11 Å². The third kappa shape index (κ3) is 4.20. The molecule has 1 fully saturated rings. The maximum Gasteiger partial charge on any atom is 0.320 e. The molecule has 1 saturated heterocycles. The Morgan fingerprint density at radius 2 is 1.80 bits per heavy atom. The first kappa shape index (κ1) is 17.0. The molecule has 1 aliphatic rings. The van der Waals surface area contributed by atoms with Crippen molar-refractivity contribution in [2.75, 3.05) is 20.2 Å². The number of hydrogen-bond donors (Lipinski definition) is 1. The van der Waals surface area contributed by atoms with E-state index in [0.717, 1.165) is 38.8 Å². The minimum Gasteiger partial charge on any atom is -0.480 e. The molecule has 0 bridgehead atoms. The van der Waals surface area contributed by atoms with Gasteiger partial charge >= 0.3 is 11.9 Å². The largest absolute Gasteiger partial charge is 0.480 e. The van der Waals surface area contributed by atoms with Gasteiger partial charge in [-0.15, -0.1) is 0 Å². The van der Waals surface area contributed by atoms with Gasteiger partial charge in [-0.1, -0.05) is 26.7 Å². The molecule has 0 aromatic rings. The van der Waals surface area contributed by atoms with Crippen molar-refractivity contribution in [1.82, 2.24) is 4.90 Å². The highest BCUT2D eigenvalue weighted by Gasteiger charge is 2.45. The van der Waals surface area contributed by atoms with Gasteiger partial charge in [0.1, 0.15) is 6.04 Å². The second kappa shape index (κ2) is 7.62. The minimum atomic E-state index is -0.838. The number of carbonyl (C=O) groups is 2. The van der Waals surface area contributed by atoms with Gasteiger partial charge in [0, 0.05) is 19.5 Å². The van der Waals surface area contributed by atoms with Crippen molar-refractivity contribution in [3.63, 3.8) is 0 Å². The van der Waals surface area contributed by atoms with Gasteiger partial charge in [-0.25, -0.2) is 0 Å². The fourth-order valence-corrected chi connectivity index (χ4v) is 3.36. The molecular weight excluding hydrogens is 258 g/mol. The molecule has 1 heterocycles. The molecule has 5 heteroatoms. The van der Waals surface area contributed by atoms with Gasteiger partial charge in [-0.05, 0) is 24.7 Å². The highest BCUT2D eigenvalue weighted by Crippen LogP contribution is 2.41. The Balaban J connectivity index is 2.54. The van der Waals surface area contributed by atoms with Gasteiger partial charge < -0.3 is 9.84 Å². The zero-order valence-corrected chi connectivity index (χ0v) is 12.9. The van der Waals surface area contributed by atoms with Crippen LogP contribution in [0.4, 0.5) is 0 Å². The zero-order valence-electron chi connectivity index (χ0n) is 12.9. The molecule has 0 aliphatic carbocycles. The number of aliphatic carboxylic acids is 1. The monoisotopic (exact) mass is 285 g/mol. The number of ether oxygens (including phenoxy) is 1. The van der Waals surface area contributed by atoms with Crippen molar-refractivity contribution in [1.29, 1.82) is 0 Å². The van der Waals surface area contributed by atoms with Crippen LogP contribution in [0.5, 0.6) is 0 Å². The summed E-state index contributed by atoms with van der Waals surface area (Å²) < 4.78 is 4.58. The third-order valence-electron chi connectivity index (χ3n) is 4.21. The summed E-state index contributed by atoms with van der Waals surface area (Å²) in [6, 6.07) is -0.559. The predicted molar refractivity (Wildman–Crippen MR) is 76.5 cm³/mol. The lowest BCUT2D eigenvalue weighted by molar-refractivity contribution is -0.152. The topological polar surface area (TPSA) is 66.8 Å². The Labute approximate surface area is 121 Å². The second-order valence-corrected chi connectivity index (χ2v) is 5.87. The summed E-state index contributed by atoms with van der Waals surface area (Å²) in [5.41, 5.74) is 0.294. The molecule has 0 aromatic carbocycles. The van der Waals surface area contributed by atoms with Crippen LogP contribution in [-0.2, 0) is 14.3 Å². The molecule has 0 saturated carbocycles. The number of carboxylic acid groups (broad SMARTS) is 1. The molecule has 0 aromatic heterocycles. The fraction of sp³-hybridized carbons (Fsp3) is 0.867. The van der Waals surface area contributed by atoms with Crippen LogP contribution >= 0.6 is 0 Å². The number of rotatable bonds is 9. The number of likely N-dealkylation sites (tertiary alicyclic amines) is 1. The first-order valence-electron chi connectivity index (χ1n) is 7.51. The van der Waals surface area contributed by atoms with E-state index >= 15 is 0 Å². The van der Waals surface area contributed by atoms with E-state index < -0.39 is 12.0 Å². The first-order chi connectivity index (χ1) is 9.48. The maximum absolute atomic E-state index is 11.4. The highest BCUT2D eigenvalue weighted by atomic mass is 16.5. The molecule has 1 N–H and O–H groups in total. The Kier molecular flexibility index (Phi) is 6.46. The quantitative estimate of drug-likeness (QED) is 0.658. The van der Waals surface area contributed by atoms with Crippen molar-refractivity contribution in [2.45, 2.75) is 58.4 Å². The average Bonchev–Trinajstić information content (AvgIpc) is 2.36. The number of hydrogen-bond acceptors (Lipinski definition) is 4. The Hall–Kier alpha value is -1.10. The van der Waals surface area contributed by atoms with Crippen LogP contribution < -0.4 is 0 Å². The Bertz CT molecular complexity index is 329. The van der Waals surface area contributed by atoms with Gasteiger partial charge in [0.2, 0.25) is 0 Å². The van der Waals surface area contributed by atoms with Gasteiger partial charge in [0.05, 0.1) is 7.11 Å². The molecule has 1 aliphatic heterocycles. The van der Waals surface area contributed by atoms with E-state index in [-0.39, 0.29) is 12.4 Å². The number of carboxylic acids is 1. The molecular formula is C15H27NO4. The van der Waals surface area contributed by atoms with Gasteiger partial charge in [0.15, 0.2) is 0 Å². The summed E-state index contributed by atoms with van der Waals surface area (Å²) in [6.45, 7) is 6.03. The van der Waals surface area contributed by atoms with Crippen LogP contribution in [0.2, 0.25) is 0 Å². The summed E-state index contributed by atoms with van der Waals surface area (Å²) >= 11 is 0. The number of carbonyl (C=O) groups excluding carboxylic acids is 1. The van der Waals surface area contributed by atoms with E-state index in [1.54, 1.807) is 0 Å². The number of esters is 1. The molecule has 1 unspecified atom stereocenters. The van der Waals surface area contributed by atoms with Crippen molar-refractivity contribution < 1.29 is 19.4 Å². The van der Waals surface area contributed by atoms with Crippen LogP contribution in [0.25, 0.3) is 0 Å². The summed E-state index contributed by atoms with van der Waals surface area (Å²) in [6.07, 6.45) is 5.07. The first-order valence-corrected chi connectivity index (χ1v) is 7.51. The van der Waals surface area contributed by atoms with E-state index in [1.807, 2.05) is 4.90 Å². The van der Waals surface area contributed by atoms with Crippen LogP contribution in [-0.4, -0.2) is 48.2 Å². The van der Waals surface area contributed by atoms with Crippen molar-refractivity contribution in [2.24, 2.45) is 5.41 Å².